The van der Waals surface area contributed by atoms with Crippen molar-refractivity contribution in [1.82, 2.24) is 5.43 Å². The maximum Gasteiger partial charge on any atom is 0.277 e. The van der Waals surface area contributed by atoms with Crippen LogP contribution >= 0.6 is 0 Å². The molecule has 0 bridgehead atoms. The molecule has 0 aromatic heterocycles. The maximum absolute atomic E-state index is 11.7. The number of phenolic OH excluding ortho intramolecular Hbond substituents is 2. The van der Waals surface area contributed by atoms with Crippen molar-refractivity contribution in [3.63, 3.8) is 0 Å². The van der Waals surface area contributed by atoms with Crippen LogP contribution in [0.25, 0.3) is 0 Å². The molecule has 1 amide bonds. The summed E-state index contributed by atoms with van der Waals surface area (Å²) in [6.07, 6.45) is 1.34. The quantitative estimate of drug-likeness (QED) is 0.410. The topological polar surface area (TPSA) is 100 Å². The largest absolute Gasteiger partial charge is 0.504 e. The molecule has 0 atom stereocenters. The van der Waals surface area contributed by atoms with E-state index in [1.54, 1.807) is 24.3 Å². The highest BCUT2D eigenvalue weighted by molar-refractivity contribution is 5.83. The van der Waals surface area contributed by atoms with Gasteiger partial charge < -0.3 is 19.7 Å². The van der Waals surface area contributed by atoms with E-state index in [9.17, 15) is 15.0 Å². The van der Waals surface area contributed by atoms with Gasteiger partial charge in [0.05, 0.1) is 12.8 Å². The van der Waals surface area contributed by atoms with Gasteiger partial charge in [-0.2, -0.15) is 5.10 Å². The number of hydrogen-bond donors (Lipinski definition) is 3. The Balaban J connectivity index is 1.85. The predicted molar refractivity (Wildman–Crippen MR) is 88.6 cm³/mol. The second-order valence-corrected chi connectivity index (χ2v) is 4.71. The molecule has 0 unspecified atom stereocenters. The highest BCUT2D eigenvalue weighted by atomic mass is 16.5. The standard InChI is InChI=1S/C17H18N2O5/c1-2-23-15-5-3-4-6-16(15)24-11-17(22)19-18-10-12-7-8-13(20)14(21)9-12/h3-10,20-21H,2,11H2,1H3,(H,19,22)/b18-10+. The second-order valence-electron chi connectivity index (χ2n) is 4.71. The molecule has 7 nitrogen and oxygen atoms in total. The lowest BCUT2D eigenvalue weighted by atomic mass is 10.2. The predicted octanol–water partition coefficient (Wildman–Crippen LogP) is 2.03. The SMILES string of the molecule is CCOc1ccccc1OCC(=O)N/N=C/c1ccc(O)c(O)c1. The summed E-state index contributed by atoms with van der Waals surface area (Å²) in [5.41, 5.74) is 2.83. The van der Waals surface area contributed by atoms with Gasteiger partial charge in [-0.15, -0.1) is 0 Å². The van der Waals surface area contributed by atoms with Crippen molar-refractivity contribution in [1.29, 1.82) is 0 Å². The number of amides is 1. The molecule has 0 aliphatic rings. The number of aromatic hydroxyl groups is 2. The Bertz CT molecular complexity index is 731. The molecular formula is C17H18N2O5. The van der Waals surface area contributed by atoms with Gasteiger partial charge in [-0.25, -0.2) is 5.43 Å². The minimum Gasteiger partial charge on any atom is -0.504 e. The van der Waals surface area contributed by atoms with Crippen molar-refractivity contribution in [2.24, 2.45) is 5.10 Å². The molecule has 0 aliphatic carbocycles. The smallest absolute Gasteiger partial charge is 0.277 e. The molecule has 3 N–H and O–H groups in total. The summed E-state index contributed by atoms with van der Waals surface area (Å²) in [5.74, 6) is 0.108. The van der Waals surface area contributed by atoms with Crippen LogP contribution in [0.2, 0.25) is 0 Å². The average molecular weight is 330 g/mol. The van der Waals surface area contributed by atoms with Crippen LogP contribution in [-0.4, -0.2) is 35.5 Å². The zero-order valence-corrected chi connectivity index (χ0v) is 13.1. The summed E-state index contributed by atoms with van der Waals surface area (Å²) < 4.78 is 10.8. The number of rotatable bonds is 7. The summed E-state index contributed by atoms with van der Waals surface area (Å²) in [6, 6.07) is 11.2. The van der Waals surface area contributed by atoms with Crippen molar-refractivity contribution in [3.05, 3.63) is 48.0 Å². The third kappa shape index (κ3) is 4.91. The molecule has 2 aromatic rings. The Hall–Kier alpha value is -3.22. The molecule has 0 heterocycles. The van der Waals surface area contributed by atoms with Gasteiger partial charge in [0.2, 0.25) is 0 Å². The van der Waals surface area contributed by atoms with Gasteiger partial charge in [0.25, 0.3) is 5.91 Å². The molecule has 0 aliphatic heterocycles. The molecule has 0 saturated carbocycles. The number of nitrogens with one attached hydrogen (secondary N) is 1. The van der Waals surface area contributed by atoms with E-state index < -0.39 is 5.91 Å². The summed E-state index contributed by atoms with van der Waals surface area (Å²) in [6.45, 7) is 2.14. The van der Waals surface area contributed by atoms with Gasteiger partial charge in [-0.1, -0.05) is 12.1 Å². The van der Waals surface area contributed by atoms with E-state index in [0.717, 1.165) is 0 Å². The molecule has 0 radical (unpaired) electrons. The lowest BCUT2D eigenvalue weighted by Crippen LogP contribution is -2.24. The van der Waals surface area contributed by atoms with Crippen molar-refractivity contribution in [2.75, 3.05) is 13.2 Å². The van der Waals surface area contributed by atoms with Crippen LogP contribution in [-0.2, 0) is 4.79 Å². The first-order valence-corrected chi connectivity index (χ1v) is 7.28. The van der Waals surface area contributed by atoms with Gasteiger partial charge in [-0.3, -0.25) is 4.79 Å². The minimum absolute atomic E-state index is 0.220. The normalized spacial score (nSPS) is 10.5. The Kier molecular flexibility index (Phi) is 6.01. The van der Waals surface area contributed by atoms with Gasteiger partial charge >= 0.3 is 0 Å². The van der Waals surface area contributed by atoms with E-state index in [1.807, 2.05) is 13.0 Å². The number of carbonyl (C=O) groups is 1. The Morgan fingerprint density at radius 3 is 2.50 bits per heavy atom. The Morgan fingerprint density at radius 1 is 1.12 bits per heavy atom. The summed E-state index contributed by atoms with van der Waals surface area (Å²) in [4.78, 5) is 11.7. The lowest BCUT2D eigenvalue weighted by molar-refractivity contribution is -0.123. The number of hydrogen-bond acceptors (Lipinski definition) is 6. The number of ether oxygens (including phenoxy) is 2. The van der Waals surface area contributed by atoms with E-state index in [4.69, 9.17) is 9.47 Å². The molecule has 0 spiro atoms. The molecule has 24 heavy (non-hydrogen) atoms. The lowest BCUT2D eigenvalue weighted by Gasteiger charge is -2.10. The molecule has 0 saturated heterocycles. The highest BCUT2D eigenvalue weighted by Crippen LogP contribution is 2.26. The number of para-hydroxylation sites is 2. The van der Waals surface area contributed by atoms with E-state index in [0.29, 0.717) is 23.7 Å². The number of nitrogens with zero attached hydrogens (tertiary/aromatic N) is 1. The third-order valence-corrected chi connectivity index (χ3v) is 2.91. The van der Waals surface area contributed by atoms with Crippen LogP contribution in [0.4, 0.5) is 0 Å². The van der Waals surface area contributed by atoms with Crippen LogP contribution in [0.15, 0.2) is 47.6 Å². The van der Waals surface area contributed by atoms with Crippen LogP contribution in [0.1, 0.15) is 12.5 Å². The molecule has 126 valence electrons. The zero-order chi connectivity index (χ0) is 17.4. The molecular weight excluding hydrogens is 312 g/mol. The van der Waals surface area contributed by atoms with Gasteiger partial charge in [0.1, 0.15) is 0 Å². The van der Waals surface area contributed by atoms with E-state index in [1.165, 1.54) is 18.3 Å². The summed E-state index contributed by atoms with van der Waals surface area (Å²) in [7, 11) is 0. The van der Waals surface area contributed by atoms with E-state index in [-0.39, 0.29) is 18.1 Å². The monoisotopic (exact) mass is 330 g/mol. The van der Waals surface area contributed by atoms with Gasteiger partial charge in [0.15, 0.2) is 29.6 Å². The molecule has 7 heteroatoms. The van der Waals surface area contributed by atoms with Crippen molar-refractivity contribution >= 4 is 12.1 Å². The fourth-order valence-electron chi connectivity index (χ4n) is 1.82. The third-order valence-electron chi connectivity index (χ3n) is 2.91. The van der Waals surface area contributed by atoms with Crippen molar-refractivity contribution in [2.45, 2.75) is 6.92 Å². The second kappa shape index (κ2) is 8.42. The fourth-order valence-corrected chi connectivity index (χ4v) is 1.82. The number of hydrazone groups is 1. The summed E-state index contributed by atoms with van der Waals surface area (Å²) in [5, 5.41) is 22.3. The first kappa shape index (κ1) is 17.1. The van der Waals surface area contributed by atoms with E-state index in [2.05, 4.69) is 10.5 Å². The first-order chi connectivity index (χ1) is 11.6. The average Bonchev–Trinajstić information content (AvgIpc) is 2.57. The fraction of sp³-hybridized carbons (Fsp3) is 0.176. The van der Waals surface area contributed by atoms with Gasteiger partial charge in [0, 0.05) is 0 Å². The summed E-state index contributed by atoms with van der Waals surface area (Å²) >= 11 is 0. The Morgan fingerprint density at radius 2 is 1.83 bits per heavy atom. The molecule has 2 rings (SSSR count). The van der Waals surface area contributed by atoms with E-state index >= 15 is 0 Å². The van der Waals surface area contributed by atoms with Crippen LogP contribution < -0.4 is 14.9 Å². The highest BCUT2D eigenvalue weighted by Gasteiger charge is 2.06. The van der Waals surface area contributed by atoms with Crippen LogP contribution in [0.5, 0.6) is 23.0 Å². The van der Waals surface area contributed by atoms with Crippen LogP contribution in [0, 0.1) is 0 Å². The zero-order valence-electron chi connectivity index (χ0n) is 13.1. The van der Waals surface area contributed by atoms with Gasteiger partial charge in [-0.05, 0) is 42.8 Å². The first-order valence-electron chi connectivity index (χ1n) is 7.28. The number of benzene rings is 2. The molecule has 0 fully saturated rings. The van der Waals surface area contributed by atoms with Crippen molar-refractivity contribution < 1.29 is 24.5 Å². The number of carbonyl (C=O) groups excluding carboxylic acids is 1. The molecule has 2 aromatic carbocycles. The van der Waals surface area contributed by atoms with Crippen LogP contribution in [0.3, 0.4) is 0 Å². The number of phenols is 2. The maximum atomic E-state index is 11.7. The minimum atomic E-state index is -0.444. The Labute approximate surface area is 139 Å². The van der Waals surface area contributed by atoms with Crippen molar-refractivity contribution in [3.8, 4) is 23.0 Å².